The number of amides is 1. The van der Waals surface area contributed by atoms with Crippen LogP contribution in [0.1, 0.15) is 34.3 Å². The van der Waals surface area contributed by atoms with Crippen molar-refractivity contribution in [2.24, 2.45) is 7.05 Å². The van der Waals surface area contributed by atoms with Crippen LogP contribution >= 0.6 is 0 Å². The zero-order valence-corrected chi connectivity index (χ0v) is 24.8. The van der Waals surface area contributed by atoms with Gasteiger partial charge < -0.3 is 24.5 Å². The lowest BCUT2D eigenvalue weighted by Crippen LogP contribution is -2.24. The van der Waals surface area contributed by atoms with Gasteiger partial charge in [-0.15, -0.1) is 0 Å². The second kappa shape index (κ2) is 11.7. The van der Waals surface area contributed by atoms with Crippen molar-refractivity contribution in [2.45, 2.75) is 32.0 Å². The van der Waals surface area contributed by atoms with Gasteiger partial charge in [-0.3, -0.25) is 4.79 Å². The van der Waals surface area contributed by atoms with Crippen molar-refractivity contribution < 1.29 is 9.53 Å². The number of aromatic amines is 1. The van der Waals surface area contributed by atoms with E-state index in [0.29, 0.717) is 18.7 Å². The lowest BCUT2D eigenvalue weighted by atomic mass is 10.1. The number of pyridine rings is 1. The molecule has 44 heavy (non-hydrogen) atoms. The number of nitrogens with one attached hydrogen (secondary N) is 2. The summed E-state index contributed by atoms with van der Waals surface area (Å²) in [5, 5.41) is 3.59. The van der Waals surface area contributed by atoms with Gasteiger partial charge in [-0.1, -0.05) is 66.7 Å². The number of rotatable bonds is 10. The Kier molecular flexibility index (Phi) is 7.32. The van der Waals surface area contributed by atoms with Crippen molar-refractivity contribution in [1.29, 1.82) is 0 Å². The molecule has 1 amide bonds. The third-order valence-corrected chi connectivity index (χ3v) is 8.02. The third-order valence-electron chi connectivity index (χ3n) is 8.02. The maximum atomic E-state index is 13.1. The van der Waals surface area contributed by atoms with Gasteiger partial charge in [0.05, 0.1) is 22.9 Å². The fourth-order valence-corrected chi connectivity index (χ4v) is 5.61. The molecule has 1 saturated carbocycles. The van der Waals surface area contributed by atoms with Gasteiger partial charge in [0, 0.05) is 62.3 Å². The summed E-state index contributed by atoms with van der Waals surface area (Å²) in [6.45, 7) is 1.31. The van der Waals surface area contributed by atoms with Crippen LogP contribution < -0.4 is 15.0 Å². The molecule has 3 aromatic heterocycles. The Hall–Kier alpha value is -5.37. The molecule has 3 aromatic carbocycles. The van der Waals surface area contributed by atoms with E-state index >= 15 is 0 Å². The Morgan fingerprint density at radius 3 is 2.30 bits per heavy atom. The first-order chi connectivity index (χ1) is 21.6. The Morgan fingerprint density at radius 2 is 1.68 bits per heavy atom. The van der Waals surface area contributed by atoms with Crippen molar-refractivity contribution in [2.75, 3.05) is 11.9 Å². The fraction of sp³-hybridized carbons (Fsp3) is 0.194. The standard InChI is InChI=1S/C36H34N6O2/c1-37-36(43)30-21-39-35(42(22-24-9-5-3-6-10-24)23-25-11-7-4-8-12-25)33-29(30)20-31(40-33)28-16-13-26(34-38-17-18-41(34)2)19-32(28)44-27-14-15-27/h3-13,16-21,27,40H,14-15,22-23H2,1-2H3,(H,37,43). The molecule has 1 aliphatic carbocycles. The highest BCUT2D eigenvalue weighted by molar-refractivity contribution is 6.09. The van der Waals surface area contributed by atoms with E-state index in [1.54, 1.807) is 19.4 Å². The van der Waals surface area contributed by atoms with Crippen molar-refractivity contribution in [3.8, 4) is 28.4 Å². The van der Waals surface area contributed by atoms with Gasteiger partial charge in [0.2, 0.25) is 0 Å². The first-order valence-corrected chi connectivity index (χ1v) is 14.9. The number of imidazole rings is 1. The molecular formula is C36H34N6O2. The minimum absolute atomic E-state index is 0.183. The molecule has 7 rings (SSSR count). The molecule has 0 atom stereocenters. The molecule has 6 aromatic rings. The van der Waals surface area contributed by atoms with Crippen LogP contribution in [0.25, 0.3) is 33.5 Å². The molecule has 0 spiro atoms. The number of fused-ring (bicyclic) bond motifs is 1. The predicted octanol–water partition coefficient (Wildman–Crippen LogP) is 6.74. The minimum Gasteiger partial charge on any atom is -0.490 e. The summed E-state index contributed by atoms with van der Waals surface area (Å²) in [7, 11) is 3.63. The lowest BCUT2D eigenvalue weighted by molar-refractivity contribution is 0.0964. The summed E-state index contributed by atoms with van der Waals surface area (Å²) < 4.78 is 8.46. The molecule has 1 aliphatic rings. The first-order valence-electron chi connectivity index (χ1n) is 14.9. The largest absolute Gasteiger partial charge is 0.490 e. The van der Waals surface area contributed by atoms with Gasteiger partial charge in [0.1, 0.15) is 11.6 Å². The number of hydrogen-bond donors (Lipinski definition) is 2. The maximum absolute atomic E-state index is 13.1. The minimum atomic E-state index is -0.183. The molecule has 8 heteroatoms. The van der Waals surface area contributed by atoms with E-state index in [2.05, 4.69) is 86.9 Å². The van der Waals surface area contributed by atoms with Gasteiger partial charge in [0.25, 0.3) is 5.91 Å². The summed E-state index contributed by atoms with van der Waals surface area (Å²) in [6.07, 6.45) is 7.72. The number of benzene rings is 3. The van der Waals surface area contributed by atoms with E-state index in [-0.39, 0.29) is 12.0 Å². The van der Waals surface area contributed by atoms with Crippen molar-refractivity contribution in [1.82, 2.24) is 24.8 Å². The van der Waals surface area contributed by atoms with Crippen LogP contribution in [0.5, 0.6) is 5.75 Å². The molecule has 220 valence electrons. The first kappa shape index (κ1) is 27.5. The van der Waals surface area contributed by atoms with Crippen molar-refractivity contribution in [3.05, 3.63) is 120 Å². The number of carbonyl (C=O) groups is 1. The Labute approximate surface area is 256 Å². The second-order valence-corrected chi connectivity index (χ2v) is 11.3. The number of hydrogen-bond acceptors (Lipinski definition) is 5. The fourth-order valence-electron chi connectivity index (χ4n) is 5.61. The Morgan fingerprint density at radius 1 is 0.977 bits per heavy atom. The van der Waals surface area contributed by atoms with Crippen LogP contribution in [-0.2, 0) is 20.1 Å². The zero-order valence-electron chi connectivity index (χ0n) is 24.8. The molecule has 0 radical (unpaired) electrons. The number of ether oxygens (including phenoxy) is 1. The van der Waals surface area contributed by atoms with E-state index in [9.17, 15) is 4.79 Å². The maximum Gasteiger partial charge on any atom is 0.253 e. The van der Waals surface area contributed by atoms with Crippen molar-refractivity contribution in [3.63, 3.8) is 0 Å². The molecule has 0 unspecified atom stereocenters. The third kappa shape index (κ3) is 5.54. The Balaban J connectivity index is 1.37. The van der Waals surface area contributed by atoms with E-state index in [4.69, 9.17) is 9.72 Å². The number of H-pyrrole nitrogens is 1. The molecule has 2 N–H and O–H groups in total. The van der Waals surface area contributed by atoms with Gasteiger partial charge in [0.15, 0.2) is 5.82 Å². The van der Waals surface area contributed by atoms with Crippen LogP contribution in [0.15, 0.2) is 104 Å². The SMILES string of the molecule is CNC(=O)c1cnc(N(Cc2ccccc2)Cc2ccccc2)c2[nH]c(-c3ccc(-c4nccn4C)cc3OC3CC3)cc12. The zero-order chi connectivity index (χ0) is 30.0. The van der Waals surface area contributed by atoms with Crippen LogP contribution in [0.3, 0.4) is 0 Å². The number of anilines is 1. The van der Waals surface area contributed by atoms with Crippen LogP contribution in [-0.4, -0.2) is 38.6 Å². The number of aryl methyl sites for hydroxylation is 1. The molecule has 0 aliphatic heterocycles. The van der Waals surface area contributed by atoms with E-state index < -0.39 is 0 Å². The number of nitrogens with zero attached hydrogens (tertiary/aromatic N) is 4. The van der Waals surface area contributed by atoms with Crippen LogP contribution in [0.4, 0.5) is 5.82 Å². The highest BCUT2D eigenvalue weighted by Gasteiger charge is 2.27. The smallest absolute Gasteiger partial charge is 0.253 e. The normalized spacial score (nSPS) is 12.8. The quantitative estimate of drug-likeness (QED) is 0.187. The molecule has 8 nitrogen and oxygen atoms in total. The summed E-state index contributed by atoms with van der Waals surface area (Å²) >= 11 is 0. The topological polar surface area (TPSA) is 88.1 Å². The molecule has 1 fully saturated rings. The van der Waals surface area contributed by atoms with E-state index in [1.165, 1.54) is 11.1 Å². The highest BCUT2D eigenvalue weighted by atomic mass is 16.5. The number of carbonyl (C=O) groups excluding carboxylic acids is 1. The summed E-state index contributed by atoms with van der Waals surface area (Å²) in [6, 6.07) is 29.0. The highest BCUT2D eigenvalue weighted by Crippen LogP contribution is 2.40. The van der Waals surface area contributed by atoms with E-state index in [0.717, 1.165) is 58.0 Å². The second-order valence-electron chi connectivity index (χ2n) is 11.3. The predicted molar refractivity (Wildman–Crippen MR) is 174 cm³/mol. The monoisotopic (exact) mass is 582 g/mol. The van der Waals surface area contributed by atoms with Crippen molar-refractivity contribution >= 4 is 22.6 Å². The van der Waals surface area contributed by atoms with E-state index in [1.807, 2.05) is 36.0 Å². The van der Waals surface area contributed by atoms with Gasteiger partial charge in [-0.2, -0.15) is 0 Å². The average molecular weight is 583 g/mol. The Bertz CT molecular complexity index is 1880. The summed E-state index contributed by atoms with van der Waals surface area (Å²) in [5.74, 6) is 2.26. The summed E-state index contributed by atoms with van der Waals surface area (Å²) in [5.41, 5.74) is 6.44. The van der Waals surface area contributed by atoms with Crippen LogP contribution in [0.2, 0.25) is 0 Å². The van der Waals surface area contributed by atoms with Gasteiger partial charge >= 0.3 is 0 Å². The average Bonchev–Trinajstić information content (AvgIpc) is 3.58. The summed E-state index contributed by atoms with van der Waals surface area (Å²) in [4.78, 5) is 28.4. The molecule has 0 saturated heterocycles. The molecular weight excluding hydrogens is 548 g/mol. The van der Waals surface area contributed by atoms with Gasteiger partial charge in [-0.05, 0) is 42.2 Å². The number of aromatic nitrogens is 4. The van der Waals surface area contributed by atoms with Crippen LogP contribution in [0, 0.1) is 0 Å². The lowest BCUT2D eigenvalue weighted by Gasteiger charge is -2.25. The molecule has 3 heterocycles. The molecule has 0 bridgehead atoms. The van der Waals surface area contributed by atoms with Gasteiger partial charge in [-0.25, -0.2) is 9.97 Å².